The van der Waals surface area contributed by atoms with Crippen molar-refractivity contribution in [3.05, 3.63) is 37.9 Å². The van der Waals surface area contributed by atoms with Crippen molar-refractivity contribution in [1.82, 2.24) is 5.48 Å². The van der Waals surface area contributed by atoms with Crippen LogP contribution < -0.4 is 10.4 Å². The zero-order valence-corrected chi connectivity index (χ0v) is 9.98. The fourth-order valence-corrected chi connectivity index (χ4v) is 1.54. The number of nitro benzene ring substituents is 2. The molecule has 0 heterocycles. The average Bonchev–Trinajstić information content (AvgIpc) is 2.35. The van der Waals surface area contributed by atoms with Crippen molar-refractivity contribution in [3.8, 4) is 0 Å². The normalized spacial score (nSPS) is 9.84. The van der Waals surface area contributed by atoms with Crippen molar-refractivity contribution in [3.63, 3.8) is 0 Å². The quantitative estimate of drug-likeness (QED) is 0.466. The molecule has 10 heteroatoms. The number of carbonyl (C=O) groups excluding carboxylic acids is 1. The van der Waals surface area contributed by atoms with Gasteiger partial charge in [-0.15, -0.1) is 0 Å². The van der Waals surface area contributed by atoms with Crippen LogP contribution in [-0.4, -0.2) is 35.1 Å². The zero-order valence-electron chi connectivity index (χ0n) is 9.98. The van der Waals surface area contributed by atoms with Crippen molar-refractivity contribution in [2.24, 2.45) is 0 Å². The lowest BCUT2D eigenvalue weighted by atomic mass is 10.1. The molecule has 0 saturated carbocycles. The number of rotatable bonds is 4. The highest BCUT2D eigenvalue weighted by Gasteiger charge is 2.29. The van der Waals surface area contributed by atoms with Gasteiger partial charge in [0.1, 0.15) is 0 Å². The Labute approximate surface area is 106 Å². The van der Waals surface area contributed by atoms with Gasteiger partial charge in [0.15, 0.2) is 5.69 Å². The molecule has 0 saturated heterocycles. The average molecular weight is 270 g/mol. The molecule has 1 rings (SSSR count). The lowest BCUT2D eigenvalue weighted by Crippen LogP contribution is -2.20. The van der Waals surface area contributed by atoms with Crippen LogP contribution in [0.2, 0.25) is 0 Å². The van der Waals surface area contributed by atoms with Gasteiger partial charge in [-0.2, -0.15) is 0 Å². The molecule has 0 radical (unpaired) electrons. The second kappa shape index (κ2) is 5.27. The highest BCUT2D eigenvalue weighted by Crippen LogP contribution is 2.37. The van der Waals surface area contributed by atoms with E-state index in [0.29, 0.717) is 0 Å². The minimum atomic E-state index is -1.07. The number of nitro groups is 2. The standard InChI is InChI=1S/C9H10N4O6/c1-11(2)8-6(12(16)17)3-5(9(14)10-15)4-7(8)13(18)19/h3-4,15H,1-2H3,(H,10,14). The molecule has 0 spiro atoms. The van der Waals surface area contributed by atoms with Crippen LogP contribution in [0.1, 0.15) is 10.4 Å². The third-order valence-corrected chi connectivity index (χ3v) is 2.27. The molecule has 1 aromatic rings. The minimum absolute atomic E-state index is 0.232. The third-order valence-electron chi connectivity index (χ3n) is 2.27. The Morgan fingerprint density at radius 2 is 1.63 bits per heavy atom. The van der Waals surface area contributed by atoms with Crippen LogP contribution in [0.3, 0.4) is 0 Å². The van der Waals surface area contributed by atoms with E-state index < -0.39 is 27.1 Å². The van der Waals surface area contributed by atoms with Gasteiger partial charge in [0, 0.05) is 26.2 Å². The van der Waals surface area contributed by atoms with E-state index in [-0.39, 0.29) is 11.3 Å². The number of nitrogens with one attached hydrogen (secondary N) is 1. The fraction of sp³-hybridized carbons (Fsp3) is 0.222. The summed E-state index contributed by atoms with van der Waals surface area (Å²) in [5.41, 5.74) is -0.549. The Hall–Kier alpha value is -2.75. The lowest BCUT2D eigenvalue weighted by molar-refractivity contribution is -0.392. The molecule has 2 N–H and O–H groups in total. The Bertz CT molecular complexity index is 521. The van der Waals surface area contributed by atoms with E-state index in [9.17, 15) is 25.0 Å². The fourth-order valence-electron chi connectivity index (χ4n) is 1.54. The first kappa shape index (κ1) is 14.3. The second-order valence-electron chi connectivity index (χ2n) is 3.71. The van der Waals surface area contributed by atoms with E-state index in [1.165, 1.54) is 24.5 Å². The van der Waals surface area contributed by atoms with E-state index in [0.717, 1.165) is 12.1 Å². The molecule has 1 amide bonds. The summed E-state index contributed by atoms with van der Waals surface area (Å²) in [7, 11) is 2.81. The molecular formula is C9H10N4O6. The van der Waals surface area contributed by atoms with Crippen LogP contribution in [0, 0.1) is 20.2 Å². The maximum Gasteiger partial charge on any atom is 0.300 e. The van der Waals surface area contributed by atoms with E-state index in [1.54, 1.807) is 0 Å². The molecular weight excluding hydrogens is 260 g/mol. The third kappa shape index (κ3) is 2.74. The van der Waals surface area contributed by atoms with Gasteiger partial charge in [0.25, 0.3) is 17.3 Å². The van der Waals surface area contributed by atoms with Crippen LogP contribution >= 0.6 is 0 Å². The van der Waals surface area contributed by atoms with E-state index in [2.05, 4.69) is 0 Å². The van der Waals surface area contributed by atoms with Gasteiger partial charge in [-0.25, -0.2) is 5.48 Å². The highest BCUT2D eigenvalue weighted by molar-refractivity contribution is 5.96. The number of carbonyl (C=O) groups is 1. The summed E-state index contributed by atoms with van der Waals surface area (Å²) in [6.45, 7) is 0. The van der Waals surface area contributed by atoms with Gasteiger partial charge >= 0.3 is 0 Å². The molecule has 0 aliphatic rings. The number of anilines is 1. The summed E-state index contributed by atoms with van der Waals surface area (Å²) in [6, 6.07) is 1.71. The summed E-state index contributed by atoms with van der Waals surface area (Å²) in [5, 5.41) is 30.3. The maximum absolute atomic E-state index is 11.2. The molecule has 0 fully saturated rings. The Kier molecular flexibility index (Phi) is 3.97. The summed E-state index contributed by atoms with van der Waals surface area (Å²) >= 11 is 0. The number of benzene rings is 1. The first-order chi connectivity index (χ1) is 8.79. The molecule has 1 aromatic carbocycles. The topological polar surface area (TPSA) is 139 Å². The van der Waals surface area contributed by atoms with Gasteiger partial charge in [-0.05, 0) is 0 Å². The van der Waals surface area contributed by atoms with E-state index in [4.69, 9.17) is 5.21 Å². The van der Waals surface area contributed by atoms with Crippen LogP contribution in [0.25, 0.3) is 0 Å². The number of hydrogen-bond donors (Lipinski definition) is 2. The first-order valence-corrected chi connectivity index (χ1v) is 4.88. The monoisotopic (exact) mass is 270 g/mol. The molecule has 0 unspecified atom stereocenters. The predicted octanol–water partition coefficient (Wildman–Crippen LogP) is 0.688. The number of hydroxylamine groups is 1. The number of nitrogens with zero attached hydrogens (tertiary/aromatic N) is 3. The van der Waals surface area contributed by atoms with Crippen LogP contribution in [0.15, 0.2) is 12.1 Å². The van der Waals surface area contributed by atoms with Gasteiger partial charge < -0.3 is 4.90 Å². The van der Waals surface area contributed by atoms with Crippen LogP contribution in [0.4, 0.5) is 17.1 Å². The van der Waals surface area contributed by atoms with Gasteiger partial charge in [0.05, 0.1) is 15.4 Å². The number of hydrogen-bond acceptors (Lipinski definition) is 7. The molecule has 0 aliphatic carbocycles. The molecule has 102 valence electrons. The van der Waals surface area contributed by atoms with Gasteiger partial charge in [-0.3, -0.25) is 30.2 Å². The first-order valence-electron chi connectivity index (χ1n) is 4.88. The predicted molar refractivity (Wildman–Crippen MR) is 63.3 cm³/mol. The van der Waals surface area contributed by atoms with Crippen molar-refractivity contribution in [2.45, 2.75) is 0 Å². The summed E-state index contributed by atoms with van der Waals surface area (Å²) in [4.78, 5) is 32.6. The smallest absolute Gasteiger partial charge is 0.300 e. The van der Waals surface area contributed by atoms with Gasteiger partial charge in [0.2, 0.25) is 0 Å². The lowest BCUT2D eigenvalue weighted by Gasteiger charge is -2.13. The van der Waals surface area contributed by atoms with Crippen LogP contribution in [0.5, 0.6) is 0 Å². The van der Waals surface area contributed by atoms with Crippen molar-refractivity contribution < 1.29 is 19.8 Å². The van der Waals surface area contributed by atoms with E-state index >= 15 is 0 Å². The highest BCUT2D eigenvalue weighted by atomic mass is 16.6. The largest absolute Gasteiger partial charge is 0.366 e. The summed E-state index contributed by atoms with van der Waals surface area (Å²) in [6.07, 6.45) is 0. The Morgan fingerprint density at radius 3 is 1.89 bits per heavy atom. The number of amides is 1. The van der Waals surface area contributed by atoms with E-state index in [1.807, 2.05) is 0 Å². The van der Waals surface area contributed by atoms with Crippen LogP contribution in [-0.2, 0) is 0 Å². The molecule has 0 aliphatic heterocycles. The summed E-state index contributed by atoms with van der Waals surface area (Å²) in [5.74, 6) is -1.07. The van der Waals surface area contributed by atoms with Gasteiger partial charge in [-0.1, -0.05) is 0 Å². The van der Waals surface area contributed by atoms with Crippen molar-refractivity contribution in [2.75, 3.05) is 19.0 Å². The minimum Gasteiger partial charge on any atom is -0.366 e. The Balaban J connectivity index is 3.67. The Morgan fingerprint density at radius 1 is 1.21 bits per heavy atom. The molecule has 0 bridgehead atoms. The van der Waals surface area contributed by atoms with Crippen molar-refractivity contribution >= 4 is 23.0 Å². The summed E-state index contributed by atoms with van der Waals surface area (Å²) < 4.78 is 0. The molecule has 10 nitrogen and oxygen atoms in total. The molecule has 19 heavy (non-hydrogen) atoms. The zero-order chi connectivity index (χ0) is 14.7. The SMILES string of the molecule is CN(C)c1c([N+](=O)[O-])cc(C(=O)NO)cc1[N+](=O)[O-]. The second-order valence-corrected chi connectivity index (χ2v) is 3.71. The van der Waals surface area contributed by atoms with Crippen molar-refractivity contribution in [1.29, 1.82) is 0 Å². The molecule has 0 aromatic heterocycles. The molecule has 0 atom stereocenters. The maximum atomic E-state index is 11.2.